The summed E-state index contributed by atoms with van der Waals surface area (Å²) in [5.74, 6) is 0.470. The standard InChI is InChI=1S/C18H22N2O3S2/c1-24-14-16-7-9-17(10-8-16)18(21)19-11-12-25(22,23)20-13-15-5-3-2-4-6-15/h2-10,20H,11-14H2,1H3,(H,19,21). The van der Waals surface area contributed by atoms with Gasteiger partial charge in [-0.1, -0.05) is 42.5 Å². The van der Waals surface area contributed by atoms with E-state index in [4.69, 9.17) is 0 Å². The van der Waals surface area contributed by atoms with Crippen LogP contribution >= 0.6 is 11.8 Å². The van der Waals surface area contributed by atoms with Gasteiger partial charge in [-0.05, 0) is 29.5 Å². The van der Waals surface area contributed by atoms with Gasteiger partial charge >= 0.3 is 0 Å². The smallest absolute Gasteiger partial charge is 0.251 e. The second kappa shape index (κ2) is 9.60. The summed E-state index contributed by atoms with van der Waals surface area (Å²) in [4.78, 5) is 12.0. The average molecular weight is 379 g/mol. The van der Waals surface area contributed by atoms with E-state index in [2.05, 4.69) is 10.0 Å². The Kier molecular flexibility index (Phi) is 7.49. The second-order valence-corrected chi connectivity index (χ2v) is 8.30. The predicted molar refractivity (Wildman–Crippen MR) is 103 cm³/mol. The van der Waals surface area contributed by atoms with Crippen LogP contribution in [0.15, 0.2) is 54.6 Å². The molecule has 0 bridgehead atoms. The van der Waals surface area contributed by atoms with Gasteiger partial charge in [-0.15, -0.1) is 0 Å². The van der Waals surface area contributed by atoms with Gasteiger partial charge in [-0.3, -0.25) is 4.79 Å². The highest BCUT2D eigenvalue weighted by Crippen LogP contribution is 2.10. The van der Waals surface area contributed by atoms with Crippen LogP contribution in [0.2, 0.25) is 0 Å². The van der Waals surface area contributed by atoms with E-state index in [0.717, 1.165) is 16.9 Å². The minimum Gasteiger partial charge on any atom is -0.351 e. The molecule has 134 valence electrons. The molecule has 0 saturated heterocycles. The lowest BCUT2D eigenvalue weighted by molar-refractivity contribution is 0.0956. The van der Waals surface area contributed by atoms with Gasteiger partial charge in [-0.25, -0.2) is 13.1 Å². The summed E-state index contributed by atoms with van der Waals surface area (Å²) in [5.41, 5.74) is 2.57. The van der Waals surface area contributed by atoms with Gasteiger partial charge in [0.1, 0.15) is 0 Å². The highest BCUT2D eigenvalue weighted by Gasteiger charge is 2.11. The second-order valence-electron chi connectivity index (χ2n) is 5.51. The maximum atomic E-state index is 12.0. The summed E-state index contributed by atoms with van der Waals surface area (Å²) in [6, 6.07) is 16.6. The van der Waals surface area contributed by atoms with Crippen molar-refractivity contribution in [3.63, 3.8) is 0 Å². The van der Waals surface area contributed by atoms with E-state index in [1.165, 1.54) is 0 Å². The third-order valence-corrected chi connectivity index (χ3v) is 5.47. The first-order valence-corrected chi connectivity index (χ1v) is 10.9. The summed E-state index contributed by atoms with van der Waals surface area (Å²) in [5, 5.41) is 2.64. The SMILES string of the molecule is CSCc1ccc(C(=O)NCCS(=O)(=O)NCc2ccccc2)cc1. The Bertz CT molecular complexity index is 776. The molecule has 2 rings (SSSR count). The van der Waals surface area contributed by atoms with Crippen LogP contribution in [-0.4, -0.2) is 32.9 Å². The van der Waals surface area contributed by atoms with Gasteiger partial charge < -0.3 is 5.32 Å². The molecule has 7 heteroatoms. The van der Waals surface area contributed by atoms with Gasteiger partial charge in [0.2, 0.25) is 10.0 Å². The zero-order valence-corrected chi connectivity index (χ0v) is 15.7. The molecule has 2 N–H and O–H groups in total. The number of thioether (sulfide) groups is 1. The van der Waals surface area contributed by atoms with E-state index in [1.54, 1.807) is 23.9 Å². The van der Waals surface area contributed by atoms with E-state index in [9.17, 15) is 13.2 Å². The molecule has 2 aromatic carbocycles. The first-order chi connectivity index (χ1) is 12.0. The molecule has 0 aliphatic rings. The van der Waals surface area contributed by atoms with Crippen molar-refractivity contribution in [3.05, 3.63) is 71.3 Å². The fourth-order valence-electron chi connectivity index (χ4n) is 2.18. The number of sulfonamides is 1. The predicted octanol–water partition coefficient (Wildman–Crippen LogP) is 2.40. The van der Waals surface area contributed by atoms with Crippen LogP contribution in [0.4, 0.5) is 0 Å². The molecule has 25 heavy (non-hydrogen) atoms. The van der Waals surface area contributed by atoms with Crippen LogP contribution in [0.5, 0.6) is 0 Å². The Morgan fingerprint density at radius 2 is 1.68 bits per heavy atom. The maximum Gasteiger partial charge on any atom is 0.251 e. The van der Waals surface area contributed by atoms with Crippen molar-refractivity contribution in [2.45, 2.75) is 12.3 Å². The number of nitrogens with one attached hydrogen (secondary N) is 2. The zero-order valence-electron chi connectivity index (χ0n) is 14.1. The van der Waals surface area contributed by atoms with Crippen LogP contribution in [0.25, 0.3) is 0 Å². The number of hydrogen-bond donors (Lipinski definition) is 2. The lowest BCUT2D eigenvalue weighted by Crippen LogP contribution is -2.34. The lowest BCUT2D eigenvalue weighted by Gasteiger charge is -2.08. The molecule has 1 amide bonds. The molecule has 0 atom stereocenters. The van der Waals surface area contributed by atoms with Crippen molar-refractivity contribution in [2.24, 2.45) is 0 Å². The fraction of sp³-hybridized carbons (Fsp3) is 0.278. The van der Waals surface area contributed by atoms with Crippen LogP contribution in [0, 0.1) is 0 Å². The number of carbonyl (C=O) groups excluding carboxylic acids is 1. The van der Waals surface area contributed by atoms with Crippen molar-refractivity contribution in [2.75, 3.05) is 18.6 Å². The number of hydrogen-bond acceptors (Lipinski definition) is 4. The fourth-order valence-corrected chi connectivity index (χ4v) is 3.61. The summed E-state index contributed by atoms with van der Waals surface area (Å²) in [6.45, 7) is 0.309. The van der Waals surface area contributed by atoms with Crippen LogP contribution in [0.3, 0.4) is 0 Å². The van der Waals surface area contributed by atoms with Crippen LogP contribution < -0.4 is 10.0 Å². The molecule has 0 spiro atoms. The normalized spacial score (nSPS) is 11.2. The molecule has 2 aromatic rings. The molecule has 0 aliphatic carbocycles. The third kappa shape index (κ3) is 6.89. The summed E-state index contributed by atoms with van der Waals surface area (Å²) in [6.07, 6.45) is 2.02. The van der Waals surface area contributed by atoms with E-state index >= 15 is 0 Å². The topological polar surface area (TPSA) is 75.3 Å². The summed E-state index contributed by atoms with van der Waals surface area (Å²) < 4.78 is 26.5. The largest absolute Gasteiger partial charge is 0.351 e. The lowest BCUT2D eigenvalue weighted by atomic mass is 10.1. The van der Waals surface area contributed by atoms with Crippen molar-refractivity contribution < 1.29 is 13.2 Å². The highest BCUT2D eigenvalue weighted by molar-refractivity contribution is 7.97. The van der Waals surface area contributed by atoms with Crippen molar-refractivity contribution >= 4 is 27.7 Å². The number of amides is 1. The average Bonchev–Trinajstić information content (AvgIpc) is 2.62. The zero-order chi connectivity index (χ0) is 18.1. The van der Waals surface area contributed by atoms with Gasteiger partial charge in [0.15, 0.2) is 0 Å². The molecule has 0 aromatic heterocycles. The van der Waals surface area contributed by atoms with Gasteiger partial charge in [-0.2, -0.15) is 11.8 Å². The molecule has 0 fully saturated rings. The van der Waals surface area contributed by atoms with Crippen LogP contribution in [0.1, 0.15) is 21.5 Å². The van der Waals surface area contributed by atoms with Crippen molar-refractivity contribution in [1.29, 1.82) is 0 Å². The third-order valence-electron chi connectivity index (χ3n) is 3.52. The molecular weight excluding hydrogens is 356 g/mol. The van der Waals surface area contributed by atoms with Gasteiger partial charge in [0.25, 0.3) is 5.91 Å². The molecular formula is C18H22N2O3S2. The quantitative estimate of drug-likeness (QED) is 0.703. The number of benzene rings is 2. The van der Waals surface area contributed by atoms with Crippen molar-refractivity contribution in [1.82, 2.24) is 10.0 Å². The summed E-state index contributed by atoms with van der Waals surface area (Å²) in [7, 11) is -3.44. The molecule has 5 nitrogen and oxygen atoms in total. The molecule has 0 saturated carbocycles. The first-order valence-electron chi connectivity index (χ1n) is 7.87. The number of carbonyl (C=O) groups is 1. The monoisotopic (exact) mass is 378 g/mol. The van der Waals surface area contributed by atoms with Gasteiger partial charge in [0, 0.05) is 24.4 Å². The highest BCUT2D eigenvalue weighted by atomic mass is 32.2. The van der Waals surface area contributed by atoms with Crippen LogP contribution in [-0.2, 0) is 22.3 Å². The first kappa shape index (κ1) is 19.5. The Morgan fingerprint density at radius 3 is 2.32 bits per heavy atom. The van der Waals surface area contributed by atoms with Gasteiger partial charge in [0.05, 0.1) is 5.75 Å². The molecule has 0 radical (unpaired) electrons. The Balaban J connectivity index is 1.77. The minimum absolute atomic E-state index is 0.0650. The maximum absolute atomic E-state index is 12.0. The summed E-state index contributed by atoms with van der Waals surface area (Å²) >= 11 is 1.71. The Labute approximate surface area is 153 Å². The number of rotatable bonds is 9. The van der Waals surface area contributed by atoms with E-state index in [1.807, 2.05) is 48.7 Å². The van der Waals surface area contributed by atoms with E-state index in [0.29, 0.717) is 5.56 Å². The Hall–Kier alpha value is -1.83. The van der Waals surface area contributed by atoms with E-state index in [-0.39, 0.29) is 24.7 Å². The molecule has 0 aliphatic heterocycles. The Morgan fingerprint density at radius 1 is 1.00 bits per heavy atom. The van der Waals surface area contributed by atoms with E-state index < -0.39 is 10.0 Å². The minimum atomic E-state index is -3.44. The molecule has 0 heterocycles. The van der Waals surface area contributed by atoms with Crippen molar-refractivity contribution in [3.8, 4) is 0 Å². The molecule has 0 unspecified atom stereocenters.